The number of ether oxygens (including phenoxy) is 1. The van der Waals surface area contributed by atoms with Crippen LogP contribution >= 0.6 is 15.9 Å². The van der Waals surface area contributed by atoms with Crippen molar-refractivity contribution in [2.45, 2.75) is 24.8 Å². The number of hydrogen-bond donors (Lipinski definition) is 0. The van der Waals surface area contributed by atoms with Crippen LogP contribution in [-0.4, -0.2) is 13.2 Å². The molecule has 96 valence electrons. The van der Waals surface area contributed by atoms with E-state index in [4.69, 9.17) is 4.74 Å². The Hall–Kier alpha value is -1.26. The molecule has 0 spiro atoms. The summed E-state index contributed by atoms with van der Waals surface area (Å²) in [5.41, 5.74) is -0.449. The van der Waals surface area contributed by atoms with Crippen molar-refractivity contribution >= 4 is 22.0 Å². The predicted octanol–water partition coefficient (Wildman–Crippen LogP) is 3.45. The molecule has 0 amide bonds. The number of halogens is 3. The van der Waals surface area contributed by atoms with Crippen LogP contribution < -0.4 is 4.74 Å². The quantitative estimate of drug-likeness (QED) is 0.486. The molecule has 6 heteroatoms. The molecule has 1 fully saturated rings. The normalized spacial score (nSPS) is 16.7. The molecule has 0 radical (unpaired) electrons. The lowest BCUT2D eigenvalue weighted by atomic mass is 9.72. The minimum Gasteiger partial charge on any atom is -0.493 e. The van der Waals surface area contributed by atoms with Gasteiger partial charge in [-0.1, -0.05) is 0 Å². The highest BCUT2D eigenvalue weighted by Gasteiger charge is 2.42. The number of methoxy groups -OCH3 is 1. The van der Waals surface area contributed by atoms with Gasteiger partial charge in [0.05, 0.1) is 11.6 Å². The third kappa shape index (κ3) is 1.85. The van der Waals surface area contributed by atoms with Crippen LogP contribution in [-0.2, 0) is 10.3 Å². The Bertz CT molecular complexity index is 537. The molecule has 0 heterocycles. The first-order valence-electron chi connectivity index (χ1n) is 5.37. The van der Waals surface area contributed by atoms with Gasteiger partial charge >= 0.3 is 0 Å². The third-order valence-corrected chi connectivity index (χ3v) is 3.84. The highest BCUT2D eigenvalue weighted by molar-refractivity contribution is 9.10. The van der Waals surface area contributed by atoms with Gasteiger partial charge in [-0.2, -0.15) is 9.38 Å². The molecule has 0 atom stereocenters. The zero-order valence-electron chi connectivity index (χ0n) is 9.60. The molecule has 1 aromatic carbocycles. The average Bonchev–Trinajstić information content (AvgIpc) is 2.30. The first-order valence-corrected chi connectivity index (χ1v) is 6.16. The van der Waals surface area contributed by atoms with E-state index in [0.29, 0.717) is 18.4 Å². The molecule has 1 aromatic rings. The molecule has 0 aromatic heterocycles. The Kier molecular flexibility index (Phi) is 3.50. The van der Waals surface area contributed by atoms with E-state index < -0.39 is 17.2 Å². The molecule has 18 heavy (non-hydrogen) atoms. The zero-order valence-corrected chi connectivity index (χ0v) is 11.2. The van der Waals surface area contributed by atoms with Gasteiger partial charge in [0.25, 0.3) is 0 Å². The summed E-state index contributed by atoms with van der Waals surface area (Å²) < 4.78 is 32.1. The molecule has 2 rings (SSSR count). The lowest BCUT2D eigenvalue weighted by Crippen LogP contribution is -2.32. The molecule has 3 nitrogen and oxygen atoms in total. The van der Waals surface area contributed by atoms with E-state index in [-0.39, 0.29) is 10.2 Å². The maximum atomic E-state index is 13.8. The van der Waals surface area contributed by atoms with Crippen molar-refractivity contribution in [3.8, 4) is 5.75 Å². The molecule has 0 saturated heterocycles. The van der Waals surface area contributed by atoms with Crippen LogP contribution in [0.4, 0.5) is 8.78 Å². The highest BCUT2D eigenvalue weighted by Crippen LogP contribution is 2.49. The summed E-state index contributed by atoms with van der Waals surface area (Å²) in [7, 11) is 1.26. The van der Waals surface area contributed by atoms with Gasteiger partial charge in [-0.25, -0.2) is 9.18 Å². The standard InChI is InChI=1S/C12H10BrF2NO2/c1-18-11-7(5-8(13)9(14)10(11)15)12(16-6-17)3-2-4-12/h5H,2-4H2,1H3. The van der Waals surface area contributed by atoms with Crippen molar-refractivity contribution < 1.29 is 18.3 Å². The van der Waals surface area contributed by atoms with Gasteiger partial charge in [0.15, 0.2) is 11.6 Å². The second-order valence-corrected chi connectivity index (χ2v) is 5.01. The summed E-state index contributed by atoms with van der Waals surface area (Å²) in [6.07, 6.45) is 3.55. The van der Waals surface area contributed by atoms with Crippen LogP contribution in [0.3, 0.4) is 0 Å². The molecule has 1 saturated carbocycles. The number of aliphatic imine (C=N–C) groups is 1. The molecule has 0 N–H and O–H groups in total. The van der Waals surface area contributed by atoms with E-state index >= 15 is 0 Å². The molecule has 0 unspecified atom stereocenters. The number of hydrogen-bond acceptors (Lipinski definition) is 3. The molecule has 1 aliphatic rings. The first-order chi connectivity index (χ1) is 8.55. The van der Waals surface area contributed by atoms with Crippen molar-refractivity contribution in [1.82, 2.24) is 0 Å². The minimum absolute atomic E-state index is 0.0110. The van der Waals surface area contributed by atoms with Gasteiger partial charge in [-0.15, -0.1) is 0 Å². The van der Waals surface area contributed by atoms with Crippen LogP contribution in [0.25, 0.3) is 0 Å². The molecule has 0 bridgehead atoms. The van der Waals surface area contributed by atoms with Gasteiger partial charge in [-0.3, -0.25) is 0 Å². The number of nitrogens with zero attached hydrogens (tertiary/aromatic N) is 1. The monoisotopic (exact) mass is 317 g/mol. The SMILES string of the molecule is COc1c(C2(N=C=O)CCC2)cc(Br)c(F)c1F. The van der Waals surface area contributed by atoms with Crippen LogP contribution in [0.15, 0.2) is 15.5 Å². The van der Waals surface area contributed by atoms with Gasteiger partial charge in [-0.05, 0) is 41.3 Å². The Balaban J connectivity index is 2.67. The van der Waals surface area contributed by atoms with Crippen LogP contribution in [0.2, 0.25) is 0 Å². The summed E-state index contributed by atoms with van der Waals surface area (Å²) >= 11 is 2.95. The summed E-state index contributed by atoms with van der Waals surface area (Å²) in [4.78, 5) is 14.3. The van der Waals surface area contributed by atoms with E-state index in [1.54, 1.807) is 0 Å². The smallest absolute Gasteiger partial charge is 0.235 e. The van der Waals surface area contributed by atoms with Crippen molar-refractivity contribution in [2.24, 2.45) is 4.99 Å². The fourth-order valence-corrected chi connectivity index (χ4v) is 2.57. The van der Waals surface area contributed by atoms with Crippen LogP contribution in [0.5, 0.6) is 5.75 Å². The fraction of sp³-hybridized carbons (Fsp3) is 0.417. The predicted molar refractivity (Wildman–Crippen MR) is 64.3 cm³/mol. The average molecular weight is 318 g/mol. The van der Waals surface area contributed by atoms with E-state index in [2.05, 4.69) is 20.9 Å². The second kappa shape index (κ2) is 4.78. The fourth-order valence-electron chi connectivity index (χ4n) is 2.16. The number of isocyanates is 1. The maximum Gasteiger partial charge on any atom is 0.235 e. The van der Waals surface area contributed by atoms with Crippen molar-refractivity contribution in [3.63, 3.8) is 0 Å². The maximum absolute atomic E-state index is 13.8. The van der Waals surface area contributed by atoms with Crippen LogP contribution in [0.1, 0.15) is 24.8 Å². The van der Waals surface area contributed by atoms with Crippen molar-refractivity contribution in [1.29, 1.82) is 0 Å². The van der Waals surface area contributed by atoms with Crippen molar-refractivity contribution in [2.75, 3.05) is 7.11 Å². The Morgan fingerprint density at radius 2 is 2.11 bits per heavy atom. The topological polar surface area (TPSA) is 38.7 Å². The summed E-state index contributed by atoms with van der Waals surface area (Å²) in [6, 6.07) is 1.41. The van der Waals surface area contributed by atoms with E-state index in [1.807, 2.05) is 0 Å². The largest absolute Gasteiger partial charge is 0.493 e. The van der Waals surface area contributed by atoms with Crippen LogP contribution in [0, 0.1) is 11.6 Å². The Labute approximate surface area is 111 Å². The molecular weight excluding hydrogens is 308 g/mol. The minimum atomic E-state index is -1.07. The lowest BCUT2D eigenvalue weighted by molar-refractivity contribution is 0.241. The first kappa shape index (κ1) is 13.2. The molecular formula is C12H10BrF2NO2. The van der Waals surface area contributed by atoms with Gasteiger partial charge in [0.1, 0.15) is 5.54 Å². The Morgan fingerprint density at radius 1 is 1.44 bits per heavy atom. The van der Waals surface area contributed by atoms with Gasteiger partial charge in [0.2, 0.25) is 11.9 Å². The number of rotatable bonds is 3. The van der Waals surface area contributed by atoms with E-state index in [1.165, 1.54) is 19.3 Å². The Morgan fingerprint density at radius 3 is 2.56 bits per heavy atom. The van der Waals surface area contributed by atoms with Crippen molar-refractivity contribution in [3.05, 3.63) is 27.7 Å². The number of benzene rings is 1. The summed E-state index contributed by atoms with van der Waals surface area (Å²) in [5.74, 6) is -2.29. The van der Waals surface area contributed by atoms with E-state index in [0.717, 1.165) is 6.42 Å². The zero-order chi connectivity index (χ0) is 13.3. The number of carbonyl (C=O) groups excluding carboxylic acids is 1. The lowest BCUT2D eigenvalue weighted by Gasteiger charge is -2.38. The molecule has 0 aliphatic heterocycles. The van der Waals surface area contributed by atoms with E-state index in [9.17, 15) is 13.6 Å². The second-order valence-electron chi connectivity index (χ2n) is 4.16. The summed E-state index contributed by atoms with van der Waals surface area (Å²) in [5, 5.41) is 0. The van der Waals surface area contributed by atoms with Gasteiger partial charge < -0.3 is 4.74 Å². The summed E-state index contributed by atoms with van der Waals surface area (Å²) in [6.45, 7) is 0. The van der Waals surface area contributed by atoms with Gasteiger partial charge in [0, 0.05) is 5.56 Å². The molecule has 1 aliphatic carbocycles. The highest BCUT2D eigenvalue weighted by atomic mass is 79.9. The third-order valence-electron chi connectivity index (χ3n) is 3.26.